The summed E-state index contributed by atoms with van der Waals surface area (Å²) in [7, 11) is -3.77. The van der Waals surface area contributed by atoms with Crippen molar-refractivity contribution in [2.75, 3.05) is 16.6 Å². The minimum Gasteiger partial charge on any atom is -0.484 e. The van der Waals surface area contributed by atoms with Crippen molar-refractivity contribution in [3.63, 3.8) is 0 Å². The van der Waals surface area contributed by atoms with Crippen LogP contribution in [0, 0.1) is 6.92 Å². The van der Waals surface area contributed by atoms with E-state index in [2.05, 4.69) is 28.9 Å². The van der Waals surface area contributed by atoms with Gasteiger partial charge in [-0.3, -0.25) is 9.52 Å². The third-order valence-electron chi connectivity index (χ3n) is 4.59. The van der Waals surface area contributed by atoms with Gasteiger partial charge in [-0.2, -0.15) is 0 Å². The first-order valence-corrected chi connectivity index (χ1v) is 11.3. The highest BCUT2D eigenvalue weighted by Gasteiger charge is 2.15. The number of sulfonamides is 1. The fraction of sp³-hybridized carbons (Fsp3) is 0.217. The molecule has 0 bridgehead atoms. The number of pyridine rings is 1. The van der Waals surface area contributed by atoms with E-state index in [0.717, 1.165) is 5.56 Å². The van der Waals surface area contributed by atoms with E-state index in [-0.39, 0.29) is 23.2 Å². The van der Waals surface area contributed by atoms with Gasteiger partial charge in [-0.05, 0) is 72.5 Å². The fourth-order valence-corrected chi connectivity index (χ4v) is 4.08. The van der Waals surface area contributed by atoms with Crippen molar-refractivity contribution in [1.29, 1.82) is 0 Å². The van der Waals surface area contributed by atoms with Crippen LogP contribution in [0.15, 0.2) is 71.8 Å². The molecule has 1 heterocycles. The van der Waals surface area contributed by atoms with Gasteiger partial charge in [0.2, 0.25) is 0 Å². The minimum absolute atomic E-state index is 0.0631. The van der Waals surface area contributed by atoms with Crippen molar-refractivity contribution in [3.8, 4) is 5.75 Å². The Morgan fingerprint density at radius 3 is 2.42 bits per heavy atom. The molecule has 0 saturated heterocycles. The number of aryl methyl sites for hydroxylation is 1. The molecule has 7 nitrogen and oxygen atoms in total. The summed E-state index contributed by atoms with van der Waals surface area (Å²) >= 11 is 0. The molecule has 0 aliphatic carbocycles. The van der Waals surface area contributed by atoms with Crippen LogP contribution in [0.4, 0.5) is 11.5 Å². The van der Waals surface area contributed by atoms with Crippen LogP contribution in [0.5, 0.6) is 5.75 Å². The molecule has 0 aliphatic rings. The minimum atomic E-state index is -3.77. The molecule has 8 heteroatoms. The van der Waals surface area contributed by atoms with E-state index >= 15 is 0 Å². The van der Waals surface area contributed by atoms with Crippen LogP contribution in [0.25, 0.3) is 0 Å². The van der Waals surface area contributed by atoms with E-state index in [4.69, 9.17) is 4.74 Å². The molecule has 0 aliphatic heterocycles. The van der Waals surface area contributed by atoms with Gasteiger partial charge in [0, 0.05) is 11.9 Å². The Labute approximate surface area is 182 Å². The van der Waals surface area contributed by atoms with Crippen molar-refractivity contribution in [3.05, 3.63) is 78.0 Å². The van der Waals surface area contributed by atoms with Crippen molar-refractivity contribution in [2.45, 2.75) is 31.6 Å². The van der Waals surface area contributed by atoms with Gasteiger partial charge >= 0.3 is 0 Å². The molecular weight excluding hydrogens is 414 g/mol. The molecule has 0 atom stereocenters. The van der Waals surface area contributed by atoms with E-state index < -0.39 is 10.0 Å². The predicted molar refractivity (Wildman–Crippen MR) is 121 cm³/mol. The molecular formula is C23H25N3O4S. The summed E-state index contributed by atoms with van der Waals surface area (Å²) in [5.41, 5.74) is 2.82. The Morgan fingerprint density at radius 2 is 1.81 bits per heavy atom. The van der Waals surface area contributed by atoms with Gasteiger partial charge in [-0.1, -0.05) is 26.0 Å². The lowest BCUT2D eigenvalue weighted by Gasteiger charge is -2.12. The average molecular weight is 440 g/mol. The van der Waals surface area contributed by atoms with Gasteiger partial charge in [-0.25, -0.2) is 13.4 Å². The molecule has 1 amide bonds. The summed E-state index contributed by atoms with van der Waals surface area (Å²) < 4.78 is 32.8. The summed E-state index contributed by atoms with van der Waals surface area (Å²) in [5, 5.41) is 2.69. The molecule has 2 N–H and O–H groups in total. The Hall–Kier alpha value is -3.39. The molecule has 162 valence electrons. The first-order chi connectivity index (χ1) is 14.7. The molecule has 0 fully saturated rings. The molecule has 1 aromatic heterocycles. The number of hydrogen-bond acceptors (Lipinski definition) is 5. The standard InChI is InChI=1S/C23H25N3O4S/c1-16(2)21-12-9-19(14-17(21)3)30-15-23(27)25-18-7-10-20(11-8-18)31(28,29)26-22-6-4-5-13-24-22/h4-14,16H,15H2,1-3H3,(H,24,26)(H,25,27). The van der Waals surface area contributed by atoms with Gasteiger partial charge in [-0.15, -0.1) is 0 Å². The Morgan fingerprint density at radius 1 is 1.06 bits per heavy atom. The molecule has 2 aromatic carbocycles. The molecule has 0 unspecified atom stereocenters. The van der Waals surface area contributed by atoms with Crippen molar-refractivity contribution in [1.82, 2.24) is 4.98 Å². The SMILES string of the molecule is Cc1cc(OCC(=O)Nc2ccc(S(=O)(=O)Nc3ccccn3)cc2)ccc1C(C)C. The number of amides is 1. The fourth-order valence-electron chi connectivity index (χ4n) is 3.07. The smallest absolute Gasteiger partial charge is 0.263 e. The van der Waals surface area contributed by atoms with Gasteiger partial charge in [0.25, 0.3) is 15.9 Å². The molecule has 0 radical (unpaired) electrons. The summed E-state index contributed by atoms with van der Waals surface area (Å²) in [6.45, 7) is 6.12. The van der Waals surface area contributed by atoms with Crippen molar-refractivity contribution in [2.24, 2.45) is 0 Å². The van der Waals surface area contributed by atoms with Crippen molar-refractivity contribution < 1.29 is 17.9 Å². The zero-order chi connectivity index (χ0) is 22.4. The summed E-state index contributed by atoms with van der Waals surface area (Å²) in [4.78, 5) is 16.2. The normalized spacial score (nSPS) is 11.2. The van der Waals surface area contributed by atoms with Crippen LogP contribution in [0.1, 0.15) is 30.9 Å². The second kappa shape index (κ2) is 9.61. The van der Waals surface area contributed by atoms with Crippen LogP contribution in [-0.4, -0.2) is 25.9 Å². The van der Waals surface area contributed by atoms with E-state index in [1.807, 2.05) is 25.1 Å². The predicted octanol–water partition coefficient (Wildman–Crippen LogP) is 4.33. The molecule has 0 spiro atoms. The highest BCUT2D eigenvalue weighted by Crippen LogP contribution is 2.23. The summed E-state index contributed by atoms with van der Waals surface area (Å²) in [6, 6.07) is 16.6. The third-order valence-corrected chi connectivity index (χ3v) is 5.96. The third kappa shape index (κ3) is 6.05. The Balaban J connectivity index is 1.57. The lowest BCUT2D eigenvalue weighted by Crippen LogP contribution is -2.20. The lowest BCUT2D eigenvalue weighted by molar-refractivity contribution is -0.118. The monoisotopic (exact) mass is 439 g/mol. The van der Waals surface area contributed by atoms with Crippen LogP contribution in [-0.2, 0) is 14.8 Å². The second-order valence-electron chi connectivity index (χ2n) is 7.35. The van der Waals surface area contributed by atoms with Gasteiger partial charge in [0.1, 0.15) is 11.6 Å². The first kappa shape index (κ1) is 22.3. The lowest BCUT2D eigenvalue weighted by atomic mass is 9.98. The Bertz CT molecular complexity index is 1150. The highest BCUT2D eigenvalue weighted by atomic mass is 32.2. The molecule has 31 heavy (non-hydrogen) atoms. The first-order valence-electron chi connectivity index (χ1n) is 9.82. The van der Waals surface area contributed by atoms with Gasteiger partial charge in [0.15, 0.2) is 6.61 Å². The molecule has 3 rings (SSSR count). The number of aromatic nitrogens is 1. The largest absolute Gasteiger partial charge is 0.484 e. The van der Waals surface area contributed by atoms with Crippen molar-refractivity contribution >= 4 is 27.4 Å². The topological polar surface area (TPSA) is 97.4 Å². The summed E-state index contributed by atoms with van der Waals surface area (Å²) in [6.07, 6.45) is 1.50. The number of rotatable bonds is 8. The summed E-state index contributed by atoms with van der Waals surface area (Å²) in [5.74, 6) is 0.934. The number of ether oxygens (including phenoxy) is 1. The zero-order valence-corrected chi connectivity index (χ0v) is 18.4. The molecule has 3 aromatic rings. The van der Waals surface area contributed by atoms with Gasteiger partial charge < -0.3 is 10.1 Å². The van der Waals surface area contributed by atoms with Gasteiger partial charge in [0.05, 0.1) is 4.90 Å². The number of nitrogens with zero attached hydrogens (tertiary/aromatic N) is 1. The maximum atomic E-state index is 12.4. The molecule has 0 saturated carbocycles. The van der Waals surface area contributed by atoms with E-state index in [1.165, 1.54) is 36.0 Å². The van der Waals surface area contributed by atoms with E-state index in [0.29, 0.717) is 17.4 Å². The quantitative estimate of drug-likeness (QED) is 0.544. The number of nitrogens with one attached hydrogen (secondary N) is 2. The van der Waals surface area contributed by atoms with Crippen LogP contribution in [0.3, 0.4) is 0 Å². The van der Waals surface area contributed by atoms with Crippen LogP contribution in [0.2, 0.25) is 0 Å². The Kier molecular flexibility index (Phi) is 6.91. The zero-order valence-electron chi connectivity index (χ0n) is 17.6. The number of hydrogen-bond donors (Lipinski definition) is 2. The van der Waals surface area contributed by atoms with E-state index in [9.17, 15) is 13.2 Å². The van der Waals surface area contributed by atoms with Crippen LogP contribution < -0.4 is 14.8 Å². The second-order valence-corrected chi connectivity index (χ2v) is 9.04. The maximum absolute atomic E-state index is 12.4. The number of carbonyl (C=O) groups is 1. The maximum Gasteiger partial charge on any atom is 0.263 e. The van der Waals surface area contributed by atoms with Crippen LogP contribution >= 0.6 is 0 Å². The number of carbonyl (C=O) groups excluding carboxylic acids is 1. The number of anilines is 2. The number of benzene rings is 2. The highest BCUT2D eigenvalue weighted by molar-refractivity contribution is 7.92. The van der Waals surface area contributed by atoms with E-state index in [1.54, 1.807) is 18.2 Å². The average Bonchev–Trinajstić information content (AvgIpc) is 2.73.